The summed E-state index contributed by atoms with van der Waals surface area (Å²) < 4.78 is 24.7. The first-order valence-electron chi connectivity index (χ1n) is 9.83. The Morgan fingerprint density at radius 1 is 1.00 bits per heavy atom. The molecule has 0 atom stereocenters. The Bertz CT molecular complexity index is 1390. The van der Waals surface area contributed by atoms with E-state index in [-0.39, 0.29) is 23.1 Å². The van der Waals surface area contributed by atoms with Gasteiger partial charge in [0.15, 0.2) is 17.2 Å². The van der Waals surface area contributed by atoms with Crippen LogP contribution >= 0.6 is 0 Å². The fourth-order valence-electron chi connectivity index (χ4n) is 3.40. The lowest BCUT2D eigenvalue weighted by atomic mass is 10.1. The van der Waals surface area contributed by atoms with E-state index in [1.165, 1.54) is 25.3 Å². The number of methoxy groups -OCH3 is 1. The van der Waals surface area contributed by atoms with E-state index in [9.17, 15) is 9.18 Å². The molecule has 1 aromatic heterocycles. The van der Waals surface area contributed by atoms with Crippen molar-refractivity contribution in [3.8, 4) is 17.4 Å². The van der Waals surface area contributed by atoms with E-state index >= 15 is 0 Å². The highest BCUT2D eigenvalue weighted by atomic mass is 19.1. The van der Waals surface area contributed by atoms with Gasteiger partial charge >= 0.3 is 0 Å². The average molecular weight is 428 g/mol. The minimum absolute atomic E-state index is 0.00996. The molecular weight excluding hydrogens is 411 g/mol. The molecule has 32 heavy (non-hydrogen) atoms. The van der Waals surface area contributed by atoms with E-state index < -0.39 is 11.7 Å². The number of halogens is 1. The molecule has 0 unspecified atom stereocenters. The van der Waals surface area contributed by atoms with E-state index in [0.29, 0.717) is 23.3 Å². The third-order valence-corrected chi connectivity index (χ3v) is 4.98. The van der Waals surface area contributed by atoms with Gasteiger partial charge < -0.3 is 14.8 Å². The number of carbonyl (C=O) groups excluding carboxylic acids is 1. The van der Waals surface area contributed by atoms with Gasteiger partial charge in [0, 0.05) is 18.0 Å². The highest BCUT2D eigenvalue weighted by Gasteiger charge is 2.21. The van der Waals surface area contributed by atoms with Crippen molar-refractivity contribution in [2.75, 3.05) is 12.4 Å². The van der Waals surface area contributed by atoms with Gasteiger partial charge in [0.25, 0.3) is 11.8 Å². The summed E-state index contributed by atoms with van der Waals surface area (Å²) in [5.74, 6) is -0.606. The predicted octanol–water partition coefficient (Wildman–Crippen LogP) is 4.75. The van der Waals surface area contributed by atoms with Crippen LogP contribution in [0.15, 0.2) is 65.7 Å². The number of amides is 1. The van der Waals surface area contributed by atoms with Crippen LogP contribution in [-0.2, 0) is 6.54 Å². The largest absolute Gasteiger partial charge is 0.493 e. The molecule has 4 aromatic rings. The molecular formula is C24H17FN4O3. The number of nitrogens with zero attached hydrogens (tertiary/aromatic N) is 3. The quantitative estimate of drug-likeness (QED) is 0.496. The molecule has 158 valence electrons. The van der Waals surface area contributed by atoms with Gasteiger partial charge in [-0.2, -0.15) is 0 Å². The fourth-order valence-corrected chi connectivity index (χ4v) is 3.40. The number of anilines is 1. The summed E-state index contributed by atoms with van der Waals surface area (Å²) in [6.45, 7) is 0.636. The van der Waals surface area contributed by atoms with Gasteiger partial charge in [0.05, 0.1) is 24.7 Å². The Morgan fingerprint density at radius 3 is 2.62 bits per heavy atom. The Hall–Kier alpha value is -4.33. The molecule has 5 rings (SSSR count). The summed E-state index contributed by atoms with van der Waals surface area (Å²) in [5.41, 5.74) is 3.73. The topological polar surface area (TPSA) is 85.7 Å². The molecule has 1 aliphatic heterocycles. The summed E-state index contributed by atoms with van der Waals surface area (Å²) in [7, 11) is 1.40. The second-order valence-corrected chi connectivity index (χ2v) is 7.10. The Morgan fingerprint density at radius 2 is 1.81 bits per heavy atom. The molecule has 8 heteroatoms. The maximum absolute atomic E-state index is 13.6. The van der Waals surface area contributed by atoms with Crippen molar-refractivity contribution < 1.29 is 18.7 Å². The molecule has 0 fully saturated rings. The number of hydrogen-bond acceptors (Lipinski definition) is 6. The van der Waals surface area contributed by atoms with Crippen molar-refractivity contribution in [3.05, 3.63) is 83.3 Å². The molecule has 0 radical (unpaired) electrons. The van der Waals surface area contributed by atoms with Crippen LogP contribution in [0.4, 0.5) is 10.1 Å². The predicted molar refractivity (Wildman–Crippen MR) is 118 cm³/mol. The molecule has 2 heterocycles. The second kappa shape index (κ2) is 8.07. The number of fused-ring (bicyclic) bond motifs is 2. The summed E-state index contributed by atoms with van der Waals surface area (Å²) >= 11 is 0. The SMILES string of the molecule is COc1cc(F)ccc1Oc1nc2ccccc2nc1C(=O)Nc1ccc2c(c1)C=NC2. The smallest absolute Gasteiger partial charge is 0.279 e. The molecule has 1 aliphatic rings. The van der Waals surface area contributed by atoms with Crippen LogP contribution in [0.1, 0.15) is 21.6 Å². The number of benzene rings is 3. The maximum atomic E-state index is 13.6. The molecule has 0 saturated heterocycles. The van der Waals surface area contributed by atoms with Gasteiger partial charge in [-0.25, -0.2) is 14.4 Å². The number of ether oxygens (including phenoxy) is 2. The standard InChI is InChI=1S/C24H17FN4O3/c1-31-21-11-16(25)7-9-20(21)32-24-22(28-18-4-2-3-5-19(18)29-24)23(30)27-17-8-6-14-12-26-13-15(14)10-17/h2-11,13H,12H2,1H3,(H,27,30). The zero-order valence-electron chi connectivity index (χ0n) is 17.0. The number of carbonyl (C=O) groups is 1. The first kappa shape index (κ1) is 19.6. The lowest BCUT2D eigenvalue weighted by Gasteiger charge is -2.13. The molecule has 0 aliphatic carbocycles. The lowest BCUT2D eigenvalue weighted by Crippen LogP contribution is -2.16. The molecule has 3 aromatic carbocycles. The molecule has 0 bridgehead atoms. The Kier molecular flexibility index (Phi) is 4.95. The number of nitrogens with one attached hydrogen (secondary N) is 1. The van der Waals surface area contributed by atoms with Crippen molar-refractivity contribution in [2.45, 2.75) is 6.54 Å². The summed E-state index contributed by atoms with van der Waals surface area (Å²) in [6.07, 6.45) is 1.77. The third kappa shape index (κ3) is 3.74. The van der Waals surface area contributed by atoms with Gasteiger partial charge in [0.1, 0.15) is 5.82 Å². The summed E-state index contributed by atoms with van der Waals surface area (Å²) in [5, 5.41) is 2.84. The monoisotopic (exact) mass is 428 g/mol. The molecule has 0 spiro atoms. The average Bonchev–Trinajstić information content (AvgIpc) is 3.27. The lowest BCUT2D eigenvalue weighted by molar-refractivity contribution is 0.101. The maximum Gasteiger partial charge on any atom is 0.279 e. The third-order valence-electron chi connectivity index (χ3n) is 4.98. The minimum Gasteiger partial charge on any atom is -0.493 e. The number of aromatic nitrogens is 2. The van der Waals surface area contributed by atoms with Crippen LogP contribution < -0.4 is 14.8 Å². The van der Waals surface area contributed by atoms with Crippen LogP contribution in [0.5, 0.6) is 17.4 Å². The van der Waals surface area contributed by atoms with E-state index in [1.807, 2.05) is 30.3 Å². The van der Waals surface area contributed by atoms with Crippen molar-refractivity contribution in [1.29, 1.82) is 0 Å². The summed E-state index contributed by atoms with van der Waals surface area (Å²) in [6, 6.07) is 16.6. The van der Waals surface area contributed by atoms with Gasteiger partial charge in [-0.3, -0.25) is 9.79 Å². The van der Waals surface area contributed by atoms with Crippen LogP contribution in [-0.4, -0.2) is 29.2 Å². The normalized spacial score (nSPS) is 11.9. The first-order valence-corrected chi connectivity index (χ1v) is 9.83. The Labute approximate surface area is 182 Å². The molecule has 7 nitrogen and oxygen atoms in total. The number of para-hydroxylation sites is 2. The molecule has 0 saturated carbocycles. The fraction of sp³-hybridized carbons (Fsp3) is 0.0833. The zero-order chi connectivity index (χ0) is 22.1. The van der Waals surface area contributed by atoms with E-state index in [1.54, 1.807) is 18.3 Å². The van der Waals surface area contributed by atoms with E-state index in [0.717, 1.165) is 11.1 Å². The van der Waals surface area contributed by atoms with Crippen LogP contribution in [0.3, 0.4) is 0 Å². The van der Waals surface area contributed by atoms with Gasteiger partial charge in [-0.1, -0.05) is 18.2 Å². The van der Waals surface area contributed by atoms with Gasteiger partial charge in [-0.15, -0.1) is 0 Å². The van der Waals surface area contributed by atoms with Crippen molar-refractivity contribution in [2.24, 2.45) is 4.99 Å². The highest BCUT2D eigenvalue weighted by molar-refractivity contribution is 6.06. The number of aliphatic imine (C=N–C) groups is 1. The van der Waals surface area contributed by atoms with Gasteiger partial charge in [-0.05, 0) is 47.5 Å². The van der Waals surface area contributed by atoms with E-state index in [4.69, 9.17) is 9.47 Å². The van der Waals surface area contributed by atoms with Crippen LogP contribution in [0, 0.1) is 5.82 Å². The van der Waals surface area contributed by atoms with Crippen LogP contribution in [0.25, 0.3) is 11.0 Å². The minimum atomic E-state index is -0.491. The number of hydrogen-bond donors (Lipinski definition) is 1. The molecule has 1 N–H and O–H groups in total. The van der Waals surface area contributed by atoms with E-state index in [2.05, 4.69) is 20.3 Å². The Balaban J connectivity index is 1.54. The van der Waals surface area contributed by atoms with Crippen molar-refractivity contribution >= 4 is 28.8 Å². The number of rotatable bonds is 5. The van der Waals surface area contributed by atoms with Crippen LogP contribution in [0.2, 0.25) is 0 Å². The summed E-state index contributed by atoms with van der Waals surface area (Å²) in [4.78, 5) is 26.3. The van der Waals surface area contributed by atoms with Crippen molar-refractivity contribution in [3.63, 3.8) is 0 Å². The zero-order valence-corrected chi connectivity index (χ0v) is 17.0. The second-order valence-electron chi connectivity index (χ2n) is 7.10. The highest BCUT2D eigenvalue weighted by Crippen LogP contribution is 2.33. The molecule has 1 amide bonds. The van der Waals surface area contributed by atoms with Crippen molar-refractivity contribution in [1.82, 2.24) is 9.97 Å². The first-order chi connectivity index (χ1) is 15.6. The van der Waals surface area contributed by atoms with Gasteiger partial charge in [0.2, 0.25) is 0 Å².